The molecule has 4 aromatic rings. The third kappa shape index (κ3) is 4.79. The van der Waals surface area contributed by atoms with Gasteiger partial charge in [0, 0.05) is 18.4 Å². The molecule has 0 saturated carbocycles. The first-order valence-corrected chi connectivity index (χ1v) is 12.7. The van der Waals surface area contributed by atoms with E-state index in [1.165, 1.54) is 23.2 Å². The average Bonchev–Trinajstić information content (AvgIpc) is 3.11. The predicted octanol–water partition coefficient (Wildman–Crippen LogP) is 4.62. The Morgan fingerprint density at radius 3 is 2.38 bits per heavy atom. The number of nitrogens with zero attached hydrogens (tertiary/aromatic N) is 2. The van der Waals surface area contributed by atoms with Crippen molar-refractivity contribution < 1.29 is 13.2 Å². The highest BCUT2D eigenvalue weighted by Gasteiger charge is 2.13. The molecule has 0 N–H and O–H groups in total. The zero-order valence-corrected chi connectivity index (χ0v) is 19.2. The Labute approximate surface area is 190 Å². The Balaban J connectivity index is 1.67. The summed E-state index contributed by atoms with van der Waals surface area (Å²) in [7, 11) is -3.32. The first-order valence-electron chi connectivity index (χ1n) is 10.0. The van der Waals surface area contributed by atoms with E-state index in [4.69, 9.17) is 0 Å². The highest BCUT2D eigenvalue weighted by atomic mass is 32.2. The van der Waals surface area contributed by atoms with Crippen molar-refractivity contribution in [2.75, 3.05) is 6.26 Å². The number of fused-ring (bicyclic) bond motifs is 1. The summed E-state index contributed by atoms with van der Waals surface area (Å²) in [6.45, 7) is 4.24. The van der Waals surface area contributed by atoms with Crippen LogP contribution in [-0.4, -0.2) is 25.1 Å². The van der Waals surface area contributed by atoms with E-state index in [1.807, 2.05) is 34.9 Å². The van der Waals surface area contributed by atoms with E-state index in [1.54, 1.807) is 36.4 Å². The second-order valence-corrected chi connectivity index (χ2v) is 10.5. The molecule has 0 saturated heterocycles. The molecule has 1 amide bonds. The Hall–Kier alpha value is -3.29. The van der Waals surface area contributed by atoms with Crippen LogP contribution in [0, 0.1) is 0 Å². The van der Waals surface area contributed by atoms with Crippen LogP contribution in [-0.2, 0) is 22.8 Å². The summed E-state index contributed by atoms with van der Waals surface area (Å²) in [5.41, 5.74) is 3.64. The number of sulfone groups is 1. The monoisotopic (exact) mass is 462 g/mol. The van der Waals surface area contributed by atoms with Crippen LogP contribution in [0.15, 0.2) is 95.3 Å². The highest BCUT2D eigenvalue weighted by Crippen LogP contribution is 2.22. The number of allylic oxidation sites excluding steroid dienone is 1. The molecule has 0 atom stereocenters. The molecule has 0 unspecified atom stereocenters. The van der Waals surface area contributed by atoms with Gasteiger partial charge in [0.2, 0.25) is 0 Å². The molecule has 7 heteroatoms. The van der Waals surface area contributed by atoms with E-state index in [0.29, 0.717) is 16.9 Å². The lowest BCUT2D eigenvalue weighted by atomic mass is 10.0. The molecule has 162 valence electrons. The molecule has 32 heavy (non-hydrogen) atoms. The van der Waals surface area contributed by atoms with Crippen molar-refractivity contribution in [1.29, 1.82) is 0 Å². The molecule has 4 rings (SSSR count). The largest absolute Gasteiger partial charge is 0.312 e. The smallest absolute Gasteiger partial charge is 0.279 e. The number of thiazole rings is 1. The minimum Gasteiger partial charge on any atom is -0.312 e. The maximum Gasteiger partial charge on any atom is 0.279 e. The van der Waals surface area contributed by atoms with Gasteiger partial charge in [-0.2, -0.15) is 4.99 Å². The van der Waals surface area contributed by atoms with Gasteiger partial charge < -0.3 is 4.57 Å². The van der Waals surface area contributed by atoms with Gasteiger partial charge in [-0.1, -0.05) is 59.9 Å². The van der Waals surface area contributed by atoms with Gasteiger partial charge in [-0.25, -0.2) is 8.42 Å². The van der Waals surface area contributed by atoms with Gasteiger partial charge in [0.1, 0.15) is 0 Å². The molecule has 0 bridgehead atoms. The van der Waals surface area contributed by atoms with Crippen molar-refractivity contribution in [1.82, 2.24) is 4.57 Å². The summed E-state index contributed by atoms with van der Waals surface area (Å²) < 4.78 is 26.4. The van der Waals surface area contributed by atoms with E-state index >= 15 is 0 Å². The summed E-state index contributed by atoms with van der Waals surface area (Å²) in [6, 6.07) is 22.5. The van der Waals surface area contributed by atoms with Gasteiger partial charge in [0.25, 0.3) is 5.91 Å². The van der Waals surface area contributed by atoms with Gasteiger partial charge in [0.15, 0.2) is 14.6 Å². The van der Waals surface area contributed by atoms with Gasteiger partial charge in [0.05, 0.1) is 15.1 Å². The minimum absolute atomic E-state index is 0.240. The van der Waals surface area contributed by atoms with E-state index in [-0.39, 0.29) is 10.8 Å². The molecule has 0 fully saturated rings. The van der Waals surface area contributed by atoms with Crippen molar-refractivity contribution in [2.24, 2.45) is 4.99 Å². The van der Waals surface area contributed by atoms with Crippen molar-refractivity contribution in [2.45, 2.75) is 17.9 Å². The molecule has 3 aromatic carbocycles. The molecule has 0 radical (unpaired) electrons. The molecule has 0 aliphatic carbocycles. The van der Waals surface area contributed by atoms with Crippen LogP contribution < -0.4 is 4.80 Å². The summed E-state index contributed by atoms with van der Waals surface area (Å²) in [5, 5.41) is 0. The fraction of sp³-hybridized carbons (Fsp3) is 0.120. The number of hydrogen-bond acceptors (Lipinski definition) is 4. The van der Waals surface area contributed by atoms with Crippen molar-refractivity contribution in [3.8, 4) is 0 Å². The van der Waals surface area contributed by atoms with E-state index < -0.39 is 9.84 Å². The fourth-order valence-corrected chi connectivity index (χ4v) is 5.22. The third-order valence-corrected chi connectivity index (χ3v) is 7.19. The van der Waals surface area contributed by atoms with Crippen LogP contribution >= 0.6 is 11.3 Å². The summed E-state index contributed by atoms with van der Waals surface area (Å²) in [5.74, 6) is -0.344. The van der Waals surface area contributed by atoms with E-state index in [2.05, 4.69) is 23.7 Å². The Morgan fingerprint density at radius 1 is 1.03 bits per heavy atom. The molecular formula is C25H22N2O3S2. The quantitative estimate of drug-likeness (QED) is 0.393. The molecule has 5 nitrogen and oxygen atoms in total. The Kier molecular flexibility index (Phi) is 6.21. The number of carbonyl (C=O) groups excluding carboxylic acids is 1. The second-order valence-electron chi connectivity index (χ2n) is 7.46. The molecule has 1 aromatic heterocycles. The van der Waals surface area contributed by atoms with Crippen molar-refractivity contribution in [3.05, 3.63) is 107 Å². The van der Waals surface area contributed by atoms with Crippen molar-refractivity contribution in [3.63, 3.8) is 0 Å². The SMILES string of the molecule is C=CCn1c(=NC(=O)c2ccc(Cc3ccccc3)cc2)sc2cc(S(C)(=O)=O)ccc21. The summed E-state index contributed by atoms with van der Waals surface area (Å²) in [4.78, 5) is 17.9. The van der Waals surface area contributed by atoms with Crippen LogP contribution in [0.5, 0.6) is 0 Å². The Bertz CT molecular complexity index is 1460. The molecule has 0 spiro atoms. The maximum atomic E-state index is 12.8. The van der Waals surface area contributed by atoms with Gasteiger partial charge in [-0.05, 0) is 47.9 Å². The summed E-state index contributed by atoms with van der Waals surface area (Å²) >= 11 is 1.29. The molecular weight excluding hydrogens is 440 g/mol. The normalized spacial score (nSPS) is 12.2. The van der Waals surface area contributed by atoms with Crippen LogP contribution in [0.2, 0.25) is 0 Å². The Morgan fingerprint density at radius 2 is 1.72 bits per heavy atom. The first kappa shape index (κ1) is 21.9. The van der Waals surface area contributed by atoms with Gasteiger partial charge >= 0.3 is 0 Å². The molecule has 1 heterocycles. The third-order valence-electron chi connectivity index (χ3n) is 5.04. The number of benzene rings is 3. The number of rotatable bonds is 6. The lowest BCUT2D eigenvalue weighted by molar-refractivity contribution is 0.0998. The fourth-order valence-electron chi connectivity index (χ4n) is 3.42. The van der Waals surface area contributed by atoms with Crippen LogP contribution in [0.3, 0.4) is 0 Å². The zero-order valence-electron chi connectivity index (χ0n) is 17.6. The number of amides is 1. The van der Waals surface area contributed by atoms with E-state index in [0.717, 1.165) is 22.2 Å². The highest BCUT2D eigenvalue weighted by molar-refractivity contribution is 7.90. The predicted molar refractivity (Wildman–Crippen MR) is 129 cm³/mol. The minimum atomic E-state index is -3.32. The zero-order chi connectivity index (χ0) is 22.7. The number of carbonyl (C=O) groups is 1. The van der Waals surface area contributed by atoms with Crippen LogP contribution in [0.1, 0.15) is 21.5 Å². The number of hydrogen-bond donors (Lipinski definition) is 0. The first-order chi connectivity index (χ1) is 15.3. The van der Waals surface area contributed by atoms with Crippen molar-refractivity contribution >= 4 is 37.3 Å². The lowest BCUT2D eigenvalue weighted by Gasteiger charge is -2.03. The average molecular weight is 463 g/mol. The van der Waals surface area contributed by atoms with Crippen LogP contribution in [0.4, 0.5) is 0 Å². The molecule has 0 aliphatic heterocycles. The van der Waals surface area contributed by atoms with Gasteiger partial charge in [-0.3, -0.25) is 4.79 Å². The summed E-state index contributed by atoms with van der Waals surface area (Å²) in [6.07, 6.45) is 3.69. The number of aromatic nitrogens is 1. The maximum absolute atomic E-state index is 12.8. The van der Waals surface area contributed by atoms with Gasteiger partial charge in [-0.15, -0.1) is 6.58 Å². The lowest BCUT2D eigenvalue weighted by Crippen LogP contribution is -2.16. The topological polar surface area (TPSA) is 68.5 Å². The second kappa shape index (κ2) is 9.06. The van der Waals surface area contributed by atoms with E-state index in [9.17, 15) is 13.2 Å². The standard InChI is InChI=1S/C25H22N2O3S2/c1-3-15-27-22-14-13-21(32(2,29)30)17-23(22)31-25(27)26-24(28)20-11-9-19(10-12-20)16-18-7-5-4-6-8-18/h3-14,17H,1,15-16H2,2H3. The molecule has 0 aliphatic rings. The van der Waals surface area contributed by atoms with Crippen LogP contribution in [0.25, 0.3) is 10.2 Å².